The van der Waals surface area contributed by atoms with E-state index in [0.717, 1.165) is 32.4 Å². The molecule has 4 nitrogen and oxygen atoms in total. The van der Waals surface area contributed by atoms with Crippen molar-refractivity contribution in [3.05, 3.63) is 0 Å². The van der Waals surface area contributed by atoms with Crippen LogP contribution in [0.25, 0.3) is 0 Å². The van der Waals surface area contributed by atoms with Crippen LogP contribution in [0.5, 0.6) is 0 Å². The monoisotopic (exact) mass is 269 g/mol. The highest BCUT2D eigenvalue weighted by Gasteiger charge is 2.34. The van der Waals surface area contributed by atoms with E-state index >= 15 is 0 Å². The first kappa shape index (κ1) is 16.4. The van der Waals surface area contributed by atoms with Gasteiger partial charge in [-0.05, 0) is 33.6 Å². The minimum Gasteiger partial charge on any atom is -0.355 e. The fraction of sp³-hybridized carbons (Fsp3) is 0.933. The molecule has 0 bridgehead atoms. The van der Waals surface area contributed by atoms with E-state index in [1.807, 2.05) is 0 Å². The van der Waals surface area contributed by atoms with E-state index in [0.29, 0.717) is 12.1 Å². The molecular weight excluding hydrogens is 238 g/mol. The molecule has 0 radical (unpaired) electrons. The zero-order valence-corrected chi connectivity index (χ0v) is 13.2. The van der Waals surface area contributed by atoms with E-state index in [2.05, 4.69) is 50.6 Å². The van der Waals surface area contributed by atoms with E-state index in [4.69, 9.17) is 0 Å². The Hall–Kier alpha value is -0.610. The molecule has 0 spiro atoms. The van der Waals surface area contributed by atoms with Gasteiger partial charge in [0.1, 0.15) is 0 Å². The molecule has 3 N–H and O–H groups in total. The summed E-state index contributed by atoms with van der Waals surface area (Å²) in [4.78, 5) is 12.2. The number of nitrogens with one attached hydrogen (secondary N) is 3. The fourth-order valence-corrected chi connectivity index (χ4v) is 2.68. The normalized spacial score (nSPS) is 23.9. The molecule has 1 rings (SSSR count). The van der Waals surface area contributed by atoms with E-state index in [-0.39, 0.29) is 17.4 Å². The van der Waals surface area contributed by atoms with Crippen LogP contribution in [-0.2, 0) is 4.79 Å². The smallest absolute Gasteiger partial charge is 0.224 e. The first-order valence-electron chi connectivity index (χ1n) is 7.58. The summed E-state index contributed by atoms with van der Waals surface area (Å²) >= 11 is 0. The number of carbonyl (C=O) groups excluding carboxylic acids is 1. The summed E-state index contributed by atoms with van der Waals surface area (Å²) in [5.74, 6) is 0.350. The second-order valence-corrected chi connectivity index (χ2v) is 6.94. The van der Waals surface area contributed by atoms with Gasteiger partial charge < -0.3 is 16.0 Å². The lowest BCUT2D eigenvalue weighted by Crippen LogP contribution is -2.49. The van der Waals surface area contributed by atoms with Crippen molar-refractivity contribution in [2.24, 2.45) is 5.92 Å². The highest BCUT2D eigenvalue weighted by atomic mass is 16.1. The Morgan fingerprint density at radius 3 is 2.47 bits per heavy atom. The third kappa shape index (κ3) is 6.39. The lowest BCUT2D eigenvalue weighted by atomic mass is 9.98. The Labute approximate surface area is 118 Å². The lowest BCUT2D eigenvalue weighted by Gasteiger charge is -2.29. The Bertz CT molecular complexity index is 284. The van der Waals surface area contributed by atoms with E-state index < -0.39 is 0 Å². The predicted molar refractivity (Wildman–Crippen MR) is 80.2 cm³/mol. The first-order valence-corrected chi connectivity index (χ1v) is 7.58. The maximum atomic E-state index is 12.2. The summed E-state index contributed by atoms with van der Waals surface area (Å²) in [6.07, 6.45) is 3.27. The van der Waals surface area contributed by atoms with Crippen molar-refractivity contribution in [3.63, 3.8) is 0 Å². The summed E-state index contributed by atoms with van der Waals surface area (Å²) in [6.45, 7) is 12.3. The van der Waals surface area contributed by atoms with Crippen LogP contribution in [0.1, 0.15) is 53.9 Å². The summed E-state index contributed by atoms with van der Waals surface area (Å²) in [7, 11) is 0. The van der Waals surface area contributed by atoms with Gasteiger partial charge in [-0.25, -0.2) is 0 Å². The van der Waals surface area contributed by atoms with E-state index in [1.54, 1.807) is 0 Å². The van der Waals surface area contributed by atoms with Gasteiger partial charge in [0.15, 0.2) is 0 Å². The van der Waals surface area contributed by atoms with Crippen LogP contribution >= 0.6 is 0 Å². The highest BCUT2D eigenvalue weighted by molar-refractivity contribution is 5.79. The third-order valence-corrected chi connectivity index (χ3v) is 3.45. The van der Waals surface area contributed by atoms with Crippen LogP contribution < -0.4 is 16.0 Å². The van der Waals surface area contributed by atoms with Crippen molar-refractivity contribution in [2.75, 3.05) is 13.1 Å². The third-order valence-electron chi connectivity index (χ3n) is 3.45. The van der Waals surface area contributed by atoms with Gasteiger partial charge in [0, 0.05) is 30.7 Å². The number of hydrogen-bond donors (Lipinski definition) is 3. The Kier molecular flexibility index (Phi) is 6.27. The van der Waals surface area contributed by atoms with Gasteiger partial charge in [0.05, 0.1) is 5.92 Å². The molecule has 0 aromatic carbocycles. The molecule has 0 aliphatic heterocycles. The molecule has 1 aliphatic carbocycles. The molecule has 1 aliphatic rings. The quantitative estimate of drug-likeness (QED) is 0.643. The summed E-state index contributed by atoms with van der Waals surface area (Å²) in [6, 6.07) is 0.803. The molecule has 0 saturated heterocycles. The van der Waals surface area contributed by atoms with Crippen LogP contribution in [0, 0.1) is 5.92 Å². The second kappa shape index (κ2) is 7.25. The largest absolute Gasteiger partial charge is 0.355 e. The number of amides is 1. The van der Waals surface area contributed by atoms with Gasteiger partial charge in [0.25, 0.3) is 0 Å². The average molecular weight is 269 g/mol. The van der Waals surface area contributed by atoms with Crippen molar-refractivity contribution in [1.82, 2.24) is 16.0 Å². The van der Waals surface area contributed by atoms with Crippen LogP contribution in [0.3, 0.4) is 0 Å². The van der Waals surface area contributed by atoms with Crippen LogP contribution in [0.2, 0.25) is 0 Å². The molecule has 4 heteroatoms. The van der Waals surface area contributed by atoms with Crippen molar-refractivity contribution in [2.45, 2.75) is 71.5 Å². The maximum Gasteiger partial charge on any atom is 0.224 e. The molecular formula is C15H31N3O. The highest BCUT2D eigenvalue weighted by Crippen LogP contribution is 2.27. The van der Waals surface area contributed by atoms with Gasteiger partial charge >= 0.3 is 0 Å². The summed E-state index contributed by atoms with van der Waals surface area (Å²) in [5.41, 5.74) is 0.0761. The molecule has 0 heterocycles. The molecule has 2 atom stereocenters. The van der Waals surface area contributed by atoms with Crippen molar-refractivity contribution < 1.29 is 4.79 Å². The second-order valence-electron chi connectivity index (χ2n) is 6.94. The van der Waals surface area contributed by atoms with Gasteiger partial charge in [-0.15, -0.1) is 0 Å². The van der Waals surface area contributed by atoms with Crippen molar-refractivity contribution in [3.8, 4) is 0 Å². The number of carbonyl (C=O) groups is 1. The molecule has 1 fully saturated rings. The maximum absolute atomic E-state index is 12.2. The van der Waals surface area contributed by atoms with E-state index in [9.17, 15) is 4.79 Å². The molecule has 0 unspecified atom stereocenters. The molecule has 0 aromatic rings. The molecule has 112 valence electrons. The minimum absolute atomic E-state index is 0.0761. The molecule has 19 heavy (non-hydrogen) atoms. The number of hydrogen-bond acceptors (Lipinski definition) is 3. The first-order chi connectivity index (χ1) is 8.79. The van der Waals surface area contributed by atoms with Crippen molar-refractivity contribution in [1.29, 1.82) is 0 Å². The zero-order chi connectivity index (χ0) is 14.5. The minimum atomic E-state index is 0.0761. The van der Waals surface area contributed by atoms with Crippen LogP contribution in [0.15, 0.2) is 0 Å². The summed E-state index contributed by atoms with van der Waals surface area (Å²) < 4.78 is 0. The van der Waals surface area contributed by atoms with Crippen molar-refractivity contribution >= 4 is 5.91 Å². The Balaban J connectivity index is 2.34. The van der Waals surface area contributed by atoms with Crippen LogP contribution in [0.4, 0.5) is 0 Å². The molecule has 1 saturated carbocycles. The SMILES string of the molecule is CC(C)NCCNC(=O)[C@@H]1CCC[C@@H]1NC(C)(C)C. The standard InChI is InChI=1S/C15H31N3O/c1-11(2)16-9-10-17-14(19)12-7-6-8-13(12)18-15(3,4)5/h11-13,16,18H,6-10H2,1-5H3,(H,17,19)/t12-,13+/m1/s1. The summed E-state index contributed by atoms with van der Waals surface area (Å²) in [5, 5.41) is 9.95. The van der Waals surface area contributed by atoms with Crippen LogP contribution in [-0.4, -0.2) is 36.6 Å². The van der Waals surface area contributed by atoms with Gasteiger partial charge in [-0.2, -0.15) is 0 Å². The lowest BCUT2D eigenvalue weighted by molar-refractivity contribution is -0.125. The zero-order valence-electron chi connectivity index (χ0n) is 13.2. The fourth-order valence-electron chi connectivity index (χ4n) is 2.68. The Morgan fingerprint density at radius 1 is 1.21 bits per heavy atom. The van der Waals surface area contributed by atoms with E-state index in [1.165, 1.54) is 0 Å². The number of rotatable bonds is 6. The van der Waals surface area contributed by atoms with Gasteiger partial charge in [-0.3, -0.25) is 4.79 Å². The Morgan fingerprint density at radius 2 is 1.89 bits per heavy atom. The predicted octanol–water partition coefficient (Wildman–Crippen LogP) is 1.66. The molecule has 0 aromatic heterocycles. The van der Waals surface area contributed by atoms with Gasteiger partial charge in [-0.1, -0.05) is 20.3 Å². The average Bonchev–Trinajstić information content (AvgIpc) is 2.69. The molecule has 1 amide bonds. The van der Waals surface area contributed by atoms with Gasteiger partial charge in [0.2, 0.25) is 5.91 Å². The topological polar surface area (TPSA) is 53.2 Å².